The van der Waals surface area contributed by atoms with Crippen molar-refractivity contribution in [3.05, 3.63) is 65.4 Å². The van der Waals surface area contributed by atoms with Crippen LogP contribution >= 0.6 is 0 Å². The van der Waals surface area contributed by atoms with Gasteiger partial charge in [0, 0.05) is 35.9 Å². The fourth-order valence-electron chi connectivity index (χ4n) is 4.32. The molecule has 0 bridgehead atoms. The zero-order chi connectivity index (χ0) is 22.0. The van der Waals surface area contributed by atoms with Crippen LogP contribution in [0.5, 0.6) is 0 Å². The molecule has 0 radical (unpaired) electrons. The smallest absolute Gasteiger partial charge is 0.295 e. The van der Waals surface area contributed by atoms with Gasteiger partial charge >= 0.3 is 0 Å². The number of rotatable bonds is 5. The molecule has 4 rings (SSSR count). The minimum absolute atomic E-state index is 0.0543. The van der Waals surface area contributed by atoms with Gasteiger partial charge in [-0.05, 0) is 62.4 Å². The van der Waals surface area contributed by atoms with E-state index >= 15 is 0 Å². The Bertz CT molecular complexity index is 1140. The fraction of sp³-hybridized carbons (Fsp3) is 0.320. The van der Waals surface area contributed by atoms with Crippen LogP contribution in [0, 0.1) is 13.8 Å². The fourth-order valence-corrected chi connectivity index (χ4v) is 4.32. The molecule has 1 N–H and O–H groups in total. The number of ketones is 1. The van der Waals surface area contributed by atoms with E-state index in [9.17, 15) is 14.4 Å². The highest BCUT2D eigenvalue weighted by atomic mass is 16.2. The third-order valence-corrected chi connectivity index (χ3v) is 5.69. The van der Waals surface area contributed by atoms with Crippen LogP contribution < -0.4 is 5.32 Å². The first kappa shape index (κ1) is 20.8. The molecule has 0 spiro atoms. The summed E-state index contributed by atoms with van der Waals surface area (Å²) >= 11 is 0. The highest BCUT2D eigenvalue weighted by molar-refractivity contribution is 6.44. The van der Waals surface area contributed by atoms with Crippen molar-refractivity contribution in [1.29, 1.82) is 0 Å². The Morgan fingerprint density at radius 3 is 2.32 bits per heavy atom. The Morgan fingerprint density at radius 2 is 1.61 bits per heavy atom. The number of hydrogen-bond acceptors (Lipinski definition) is 3. The molecule has 1 fully saturated rings. The molecule has 31 heavy (non-hydrogen) atoms. The Balaban J connectivity index is 1.58. The third kappa shape index (κ3) is 4.53. The normalized spacial score (nSPS) is 13.9. The van der Waals surface area contributed by atoms with Gasteiger partial charge in [0.1, 0.15) is 6.54 Å². The number of aryl methyl sites for hydroxylation is 2. The molecule has 0 saturated carbocycles. The number of nitrogens with zero attached hydrogens (tertiary/aromatic N) is 2. The molecule has 6 heteroatoms. The van der Waals surface area contributed by atoms with Crippen molar-refractivity contribution in [3.8, 4) is 0 Å². The second kappa shape index (κ2) is 8.76. The maximum Gasteiger partial charge on any atom is 0.295 e. The van der Waals surface area contributed by atoms with Crippen molar-refractivity contribution < 1.29 is 14.4 Å². The van der Waals surface area contributed by atoms with Crippen LogP contribution in [0.15, 0.2) is 48.7 Å². The number of aromatic nitrogens is 1. The topological polar surface area (TPSA) is 71.4 Å². The van der Waals surface area contributed by atoms with Gasteiger partial charge in [-0.3, -0.25) is 14.4 Å². The van der Waals surface area contributed by atoms with E-state index in [1.165, 1.54) is 0 Å². The van der Waals surface area contributed by atoms with Gasteiger partial charge in [0.05, 0.1) is 5.56 Å². The molecule has 160 valence electrons. The van der Waals surface area contributed by atoms with Crippen LogP contribution in [0.1, 0.15) is 40.7 Å². The lowest BCUT2D eigenvalue weighted by molar-refractivity contribution is -0.127. The van der Waals surface area contributed by atoms with Gasteiger partial charge in [0.2, 0.25) is 5.91 Å². The van der Waals surface area contributed by atoms with Crippen molar-refractivity contribution >= 4 is 34.2 Å². The monoisotopic (exact) mass is 417 g/mol. The number of nitrogens with one attached hydrogen (secondary N) is 1. The minimum Gasteiger partial charge on any atom is -0.337 e. The summed E-state index contributed by atoms with van der Waals surface area (Å²) in [4.78, 5) is 40.1. The summed E-state index contributed by atoms with van der Waals surface area (Å²) in [5.74, 6) is -1.15. The predicted molar refractivity (Wildman–Crippen MR) is 121 cm³/mol. The van der Waals surface area contributed by atoms with Gasteiger partial charge in [-0.2, -0.15) is 0 Å². The highest BCUT2D eigenvalue weighted by Gasteiger charge is 2.27. The maximum atomic E-state index is 13.0. The van der Waals surface area contributed by atoms with E-state index in [1.54, 1.807) is 15.7 Å². The summed E-state index contributed by atoms with van der Waals surface area (Å²) in [6, 6.07) is 13.3. The quantitative estimate of drug-likeness (QED) is 0.502. The SMILES string of the molecule is Cc1cc(C)cc(NC(=O)Cn2cc(C(=O)C(=O)N3CCCCC3)c3ccccc32)c1. The molecule has 2 heterocycles. The van der Waals surface area contributed by atoms with Crippen LogP contribution in [0.4, 0.5) is 5.69 Å². The molecule has 1 aliphatic heterocycles. The van der Waals surface area contributed by atoms with Crippen molar-refractivity contribution in [1.82, 2.24) is 9.47 Å². The molecule has 3 aromatic rings. The van der Waals surface area contributed by atoms with E-state index in [4.69, 9.17) is 0 Å². The summed E-state index contributed by atoms with van der Waals surface area (Å²) in [5.41, 5.74) is 4.01. The van der Waals surface area contributed by atoms with Gasteiger partial charge in [0.15, 0.2) is 0 Å². The second-order valence-electron chi connectivity index (χ2n) is 8.29. The molecule has 1 aromatic heterocycles. The molecule has 2 aromatic carbocycles. The van der Waals surface area contributed by atoms with E-state index in [1.807, 2.05) is 56.3 Å². The molecule has 6 nitrogen and oxygen atoms in total. The number of amides is 2. The Kier molecular flexibility index (Phi) is 5.89. The Morgan fingerprint density at radius 1 is 0.935 bits per heavy atom. The Labute approximate surface area is 181 Å². The molecule has 2 amide bonds. The molecule has 0 unspecified atom stereocenters. The number of carbonyl (C=O) groups excluding carboxylic acids is 3. The third-order valence-electron chi connectivity index (χ3n) is 5.69. The highest BCUT2D eigenvalue weighted by Crippen LogP contribution is 2.23. The van der Waals surface area contributed by atoms with Crippen molar-refractivity contribution in [2.45, 2.75) is 39.7 Å². The van der Waals surface area contributed by atoms with Crippen LogP contribution in [-0.4, -0.2) is 40.2 Å². The average molecular weight is 418 g/mol. The van der Waals surface area contributed by atoms with Crippen molar-refractivity contribution in [3.63, 3.8) is 0 Å². The molecular weight excluding hydrogens is 390 g/mol. The standard InChI is InChI=1S/C25H27N3O3/c1-17-12-18(2)14-19(13-17)26-23(29)16-28-15-21(20-8-4-5-9-22(20)28)24(30)25(31)27-10-6-3-7-11-27/h4-5,8-9,12-15H,3,6-7,10-11,16H2,1-2H3,(H,26,29). The average Bonchev–Trinajstić information content (AvgIpc) is 3.11. The second-order valence-corrected chi connectivity index (χ2v) is 8.29. The molecular formula is C25H27N3O3. The first-order valence-electron chi connectivity index (χ1n) is 10.7. The van der Waals surface area contributed by atoms with Gasteiger partial charge in [-0.15, -0.1) is 0 Å². The number of likely N-dealkylation sites (tertiary alicyclic amines) is 1. The lowest BCUT2D eigenvalue weighted by Gasteiger charge is -2.25. The lowest BCUT2D eigenvalue weighted by Crippen LogP contribution is -2.40. The van der Waals surface area contributed by atoms with Gasteiger partial charge in [-0.1, -0.05) is 24.3 Å². The number of carbonyl (C=O) groups is 3. The number of benzene rings is 2. The number of para-hydroxylation sites is 1. The Hall–Kier alpha value is -3.41. The summed E-state index contributed by atoms with van der Waals surface area (Å²) in [6.07, 6.45) is 4.58. The van der Waals surface area contributed by atoms with Gasteiger partial charge in [-0.25, -0.2) is 0 Å². The number of Topliss-reactive ketones (excluding diaryl/α,β-unsaturated/α-hetero) is 1. The first-order chi connectivity index (χ1) is 14.9. The van der Waals surface area contributed by atoms with Gasteiger partial charge < -0.3 is 14.8 Å². The minimum atomic E-state index is -0.508. The maximum absolute atomic E-state index is 13.0. The predicted octanol–water partition coefficient (Wildman–Crippen LogP) is 4.09. The van der Waals surface area contributed by atoms with E-state index in [2.05, 4.69) is 5.32 Å². The summed E-state index contributed by atoms with van der Waals surface area (Å²) in [7, 11) is 0. The zero-order valence-electron chi connectivity index (χ0n) is 18.0. The van der Waals surface area contributed by atoms with E-state index in [0.717, 1.165) is 41.6 Å². The summed E-state index contributed by atoms with van der Waals surface area (Å²) in [6.45, 7) is 5.28. The number of piperidine rings is 1. The van der Waals surface area contributed by atoms with Crippen LogP contribution in [0.25, 0.3) is 10.9 Å². The van der Waals surface area contributed by atoms with Crippen LogP contribution in [-0.2, 0) is 16.1 Å². The molecule has 1 aliphatic rings. The van der Waals surface area contributed by atoms with Crippen molar-refractivity contribution in [2.75, 3.05) is 18.4 Å². The lowest BCUT2D eigenvalue weighted by atomic mass is 10.1. The first-order valence-corrected chi connectivity index (χ1v) is 10.7. The molecule has 0 atom stereocenters. The van der Waals surface area contributed by atoms with E-state index < -0.39 is 11.7 Å². The van der Waals surface area contributed by atoms with E-state index in [0.29, 0.717) is 24.0 Å². The molecule has 1 saturated heterocycles. The summed E-state index contributed by atoms with van der Waals surface area (Å²) in [5, 5.41) is 3.62. The summed E-state index contributed by atoms with van der Waals surface area (Å²) < 4.78 is 1.74. The number of anilines is 1. The number of hydrogen-bond donors (Lipinski definition) is 1. The van der Waals surface area contributed by atoms with Gasteiger partial charge in [0.25, 0.3) is 11.7 Å². The number of fused-ring (bicyclic) bond motifs is 1. The largest absolute Gasteiger partial charge is 0.337 e. The molecule has 0 aliphatic carbocycles. The van der Waals surface area contributed by atoms with Crippen LogP contribution in [0.2, 0.25) is 0 Å². The zero-order valence-corrected chi connectivity index (χ0v) is 18.0. The van der Waals surface area contributed by atoms with Crippen molar-refractivity contribution in [2.24, 2.45) is 0 Å². The van der Waals surface area contributed by atoms with Crippen LogP contribution in [0.3, 0.4) is 0 Å². The van der Waals surface area contributed by atoms with E-state index in [-0.39, 0.29) is 12.5 Å².